The molecule has 4 rings (SSSR count). The number of aliphatic carboxylic acids is 1. The summed E-state index contributed by atoms with van der Waals surface area (Å²) in [4.78, 5) is 42.6. The summed E-state index contributed by atoms with van der Waals surface area (Å²) < 4.78 is 17.8. The molecule has 1 fully saturated rings. The van der Waals surface area contributed by atoms with E-state index >= 15 is 0 Å². The van der Waals surface area contributed by atoms with Gasteiger partial charge < -0.3 is 24.3 Å². The summed E-state index contributed by atoms with van der Waals surface area (Å²) in [7, 11) is 1.58. The predicted molar refractivity (Wildman–Crippen MR) is 160 cm³/mol. The molecule has 2 N–H and O–H groups in total. The maximum absolute atomic E-state index is 13.8. The van der Waals surface area contributed by atoms with Crippen molar-refractivity contribution in [2.24, 2.45) is 5.29 Å². The van der Waals surface area contributed by atoms with Gasteiger partial charge in [-0.2, -0.15) is 0 Å². The molecule has 1 saturated carbocycles. The molecule has 0 bridgehead atoms. The van der Waals surface area contributed by atoms with Crippen molar-refractivity contribution in [3.8, 4) is 16.5 Å². The smallest absolute Gasteiger partial charge is 0.305 e. The summed E-state index contributed by atoms with van der Waals surface area (Å²) in [5.74, 6) is -0.546. The van der Waals surface area contributed by atoms with Gasteiger partial charge in [-0.1, -0.05) is 44.9 Å². The maximum atomic E-state index is 13.8. The molecule has 0 aliphatic heterocycles. The van der Waals surface area contributed by atoms with Gasteiger partial charge in [-0.3, -0.25) is 9.59 Å². The van der Waals surface area contributed by atoms with Gasteiger partial charge >= 0.3 is 5.97 Å². The number of hydrogen-bond acceptors (Lipinski definition) is 9. The Hall–Kier alpha value is -3.77. The van der Waals surface area contributed by atoms with Crippen molar-refractivity contribution in [2.45, 2.75) is 83.5 Å². The van der Waals surface area contributed by atoms with Gasteiger partial charge in [0.25, 0.3) is 5.91 Å². The molecular formula is C30H38N4O7S. The van der Waals surface area contributed by atoms with E-state index in [0.29, 0.717) is 39.9 Å². The standard InChI is InChI=1S/C30H38N4O7S/c1-5-9-20(10-6-2)41-23(21-11-7-8-12-22(21)39-4)18-34(33-38)29-25(19(3)26(42-29)28-31-15-16-40-28)27(37)32-30(13-14-30)17-24(35)36/h7-8,11-12,15-16,20,23H,5-6,9-10,13-14,17-18H2,1-4H3,(H,32,37)(H,35,36). The van der Waals surface area contributed by atoms with Crippen molar-refractivity contribution in [1.29, 1.82) is 0 Å². The molecule has 2 aromatic heterocycles. The van der Waals surface area contributed by atoms with Crippen LogP contribution in [-0.2, 0) is 9.53 Å². The largest absolute Gasteiger partial charge is 0.496 e. The molecule has 1 unspecified atom stereocenters. The van der Waals surface area contributed by atoms with Crippen LogP contribution in [0.25, 0.3) is 10.8 Å². The average molecular weight is 599 g/mol. The lowest BCUT2D eigenvalue weighted by atomic mass is 10.0. The summed E-state index contributed by atoms with van der Waals surface area (Å²) in [6.45, 7) is 5.97. The number of carboxylic acids is 1. The first-order valence-electron chi connectivity index (χ1n) is 14.2. The molecule has 0 radical (unpaired) electrons. The van der Waals surface area contributed by atoms with Crippen LogP contribution in [-0.4, -0.2) is 47.3 Å². The molecule has 0 saturated heterocycles. The van der Waals surface area contributed by atoms with Gasteiger partial charge in [0.15, 0.2) is 0 Å². The lowest BCUT2D eigenvalue weighted by molar-refractivity contribution is -0.137. The SMILES string of the molecule is CCCC(CCC)OC(CN(N=O)c1sc(-c2ncco2)c(C)c1C(=O)NC1(CC(=O)O)CC1)c1ccccc1OC. The zero-order valence-electron chi connectivity index (χ0n) is 24.4. The number of nitrogens with zero attached hydrogens (tertiary/aromatic N) is 3. The first-order chi connectivity index (χ1) is 20.3. The number of hydrogen-bond donors (Lipinski definition) is 2. The van der Waals surface area contributed by atoms with Gasteiger partial charge in [-0.15, -0.1) is 16.2 Å². The molecule has 1 amide bonds. The number of amides is 1. The Morgan fingerprint density at radius 2 is 1.95 bits per heavy atom. The van der Waals surface area contributed by atoms with Gasteiger partial charge in [0.2, 0.25) is 5.89 Å². The second-order valence-electron chi connectivity index (χ2n) is 10.6. The van der Waals surface area contributed by atoms with Crippen LogP contribution in [0.4, 0.5) is 5.00 Å². The van der Waals surface area contributed by atoms with Gasteiger partial charge in [-0.05, 0) is 44.2 Å². The Balaban J connectivity index is 1.75. The summed E-state index contributed by atoms with van der Waals surface area (Å²) in [5, 5.41) is 17.2. The van der Waals surface area contributed by atoms with E-state index in [1.807, 2.05) is 24.3 Å². The number of nitrogens with one attached hydrogen (secondary N) is 1. The number of rotatable bonds is 17. The number of anilines is 1. The molecule has 1 atom stereocenters. The third-order valence-corrected chi connectivity index (χ3v) is 8.73. The first kappa shape index (κ1) is 31.2. The van der Waals surface area contributed by atoms with Crippen LogP contribution >= 0.6 is 11.3 Å². The molecule has 2 heterocycles. The van der Waals surface area contributed by atoms with E-state index in [1.165, 1.54) is 17.5 Å². The highest BCUT2D eigenvalue weighted by Crippen LogP contribution is 2.45. The molecule has 3 aromatic rings. The second-order valence-corrected chi connectivity index (χ2v) is 11.6. The second kappa shape index (κ2) is 13.9. The number of oxazole rings is 1. The third-order valence-electron chi connectivity index (χ3n) is 7.44. The van der Waals surface area contributed by atoms with E-state index < -0.39 is 23.5 Å². The molecular weight excluding hydrogens is 560 g/mol. The number of aromatic nitrogens is 1. The number of carboxylic acid groups (broad SMARTS) is 1. The van der Waals surface area contributed by atoms with Crippen LogP contribution in [0.15, 0.2) is 46.4 Å². The summed E-state index contributed by atoms with van der Waals surface area (Å²) in [6.07, 6.45) is 6.79. The zero-order chi connectivity index (χ0) is 30.3. The van der Waals surface area contributed by atoms with Gasteiger partial charge in [0, 0.05) is 5.56 Å². The third kappa shape index (κ3) is 7.16. The number of methoxy groups -OCH3 is 1. The Labute approximate surface area is 249 Å². The van der Waals surface area contributed by atoms with Crippen LogP contribution in [0.5, 0.6) is 5.75 Å². The fourth-order valence-electron chi connectivity index (χ4n) is 5.19. The van der Waals surface area contributed by atoms with Gasteiger partial charge in [-0.25, -0.2) is 9.99 Å². The van der Waals surface area contributed by atoms with Crippen LogP contribution in [0.1, 0.15) is 86.4 Å². The summed E-state index contributed by atoms with van der Waals surface area (Å²) in [5.41, 5.74) is 0.728. The zero-order valence-corrected chi connectivity index (χ0v) is 25.2. The van der Waals surface area contributed by atoms with Crippen molar-refractivity contribution < 1.29 is 28.6 Å². The lowest BCUT2D eigenvalue weighted by Crippen LogP contribution is -2.39. The molecule has 226 valence electrons. The topological polar surface area (TPSA) is 144 Å². The van der Waals surface area contributed by atoms with E-state index in [-0.39, 0.29) is 24.6 Å². The minimum absolute atomic E-state index is 0.0132. The van der Waals surface area contributed by atoms with Crippen molar-refractivity contribution in [3.63, 3.8) is 0 Å². The fourth-order valence-corrected chi connectivity index (χ4v) is 6.39. The van der Waals surface area contributed by atoms with Crippen molar-refractivity contribution >= 4 is 28.2 Å². The Bertz CT molecular complexity index is 1360. The number of nitroso groups, excluding NO2 is 1. The summed E-state index contributed by atoms with van der Waals surface area (Å²) in [6, 6.07) is 7.48. The highest BCUT2D eigenvalue weighted by molar-refractivity contribution is 7.20. The lowest BCUT2D eigenvalue weighted by Gasteiger charge is -2.29. The Morgan fingerprint density at radius 1 is 1.24 bits per heavy atom. The average Bonchev–Trinajstić information content (AvgIpc) is 3.33. The maximum Gasteiger partial charge on any atom is 0.305 e. The number of thiophene rings is 1. The molecule has 42 heavy (non-hydrogen) atoms. The van der Waals surface area contributed by atoms with Crippen molar-refractivity contribution in [3.05, 3.63) is 58.3 Å². The Morgan fingerprint density at radius 3 is 2.52 bits per heavy atom. The predicted octanol–water partition coefficient (Wildman–Crippen LogP) is 6.67. The first-order valence-corrected chi connectivity index (χ1v) is 15.0. The van der Waals surface area contributed by atoms with Crippen LogP contribution < -0.4 is 15.1 Å². The molecule has 1 aliphatic carbocycles. The van der Waals surface area contributed by atoms with Gasteiger partial charge in [0.1, 0.15) is 23.1 Å². The van der Waals surface area contributed by atoms with E-state index in [0.717, 1.165) is 42.6 Å². The fraction of sp³-hybridized carbons (Fsp3) is 0.500. The highest BCUT2D eigenvalue weighted by atomic mass is 32.1. The number of benzene rings is 1. The van der Waals surface area contributed by atoms with Crippen LogP contribution in [0, 0.1) is 11.8 Å². The van der Waals surface area contributed by atoms with Crippen molar-refractivity contribution in [1.82, 2.24) is 10.3 Å². The number of carbonyl (C=O) groups is 2. The molecule has 11 nitrogen and oxygen atoms in total. The molecule has 0 spiro atoms. The van der Waals surface area contributed by atoms with Crippen LogP contribution in [0.3, 0.4) is 0 Å². The summed E-state index contributed by atoms with van der Waals surface area (Å²) >= 11 is 1.16. The van der Waals surface area contributed by atoms with E-state index in [2.05, 4.69) is 29.4 Å². The quantitative estimate of drug-likeness (QED) is 0.129. The van der Waals surface area contributed by atoms with E-state index in [9.17, 15) is 19.6 Å². The van der Waals surface area contributed by atoms with Gasteiger partial charge in [0.05, 0.1) is 53.6 Å². The minimum Gasteiger partial charge on any atom is -0.496 e. The number of carbonyl (C=O) groups excluding carboxylic acids is 1. The normalized spacial score (nSPS) is 14.4. The Kier molecular flexibility index (Phi) is 10.3. The number of ether oxygens (including phenoxy) is 2. The monoisotopic (exact) mass is 598 g/mol. The molecule has 1 aromatic carbocycles. The van der Waals surface area contributed by atoms with E-state index in [4.69, 9.17) is 13.9 Å². The molecule has 1 aliphatic rings. The highest BCUT2D eigenvalue weighted by Gasteiger charge is 2.47. The number of para-hydroxylation sites is 1. The molecule has 12 heteroatoms. The minimum atomic E-state index is -0.989. The van der Waals surface area contributed by atoms with Crippen LogP contribution in [0.2, 0.25) is 0 Å². The van der Waals surface area contributed by atoms with E-state index in [1.54, 1.807) is 14.0 Å². The van der Waals surface area contributed by atoms with Crippen molar-refractivity contribution in [2.75, 3.05) is 18.7 Å².